The van der Waals surface area contributed by atoms with Gasteiger partial charge in [-0.1, -0.05) is 12.2 Å². The first kappa shape index (κ1) is 6.78. The summed E-state index contributed by atoms with van der Waals surface area (Å²) in [5.74, 6) is 0.557. The molecule has 52 valence electrons. The van der Waals surface area contributed by atoms with E-state index in [-0.39, 0.29) is 0 Å². The maximum atomic E-state index is 5.46. The van der Waals surface area contributed by atoms with Gasteiger partial charge in [0, 0.05) is 18.5 Å². The summed E-state index contributed by atoms with van der Waals surface area (Å²) < 4.78 is 0. The molecule has 0 aliphatic carbocycles. The first-order chi connectivity index (χ1) is 4.33. The molecule has 0 amide bonds. The van der Waals surface area contributed by atoms with Gasteiger partial charge in [-0.15, -0.1) is 0 Å². The van der Waals surface area contributed by atoms with Crippen LogP contribution in [0.4, 0.5) is 0 Å². The summed E-state index contributed by atoms with van der Waals surface area (Å²) in [6.07, 6.45) is 4.36. The second kappa shape index (κ2) is 2.99. The third-order valence-electron chi connectivity index (χ3n) is 1.68. The van der Waals surface area contributed by atoms with E-state index in [1.807, 2.05) is 0 Å². The zero-order valence-electron chi connectivity index (χ0n) is 5.80. The summed E-state index contributed by atoms with van der Waals surface area (Å²) in [5, 5.41) is 3.32. The number of rotatable bonds is 1. The van der Waals surface area contributed by atoms with Gasteiger partial charge < -0.3 is 11.1 Å². The molecule has 1 aliphatic rings. The second-order valence-corrected chi connectivity index (χ2v) is 2.58. The van der Waals surface area contributed by atoms with E-state index in [1.165, 1.54) is 0 Å². The van der Waals surface area contributed by atoms with Crippen molar-refractivity contribution in [3.05, 3.63) is 12.2 Å². The van der Waals surface area contributed by atoms with Gasteiger partial charge in [-0.25, -0.2) is 0 Å². The van der Waals surface area contributed by atoms with Gasteiger partial charge in [-0.3, -0.25) is 0 Å². The van der Waals surface area contributed by atoms with Crippen LogP contribution in [0.3, 0.4) is 0 Å². The molecule has 9 heavy (non-hydrogen) atoms. The van der Waals surface area contributed by atoms with Crippen LogP contribution in [0.2, 0.25) is 0 Å². The van der Waals surface area contributed by atoms with Crippen molar-refractivity contribution >= 4 is 0 Å². The minimum absolute atomic E-state index is 0.535. The number of hydrogen-bond acceptors (Lipinski definition) is 2. The lowest BCUT2D eigenvalue weighted by molar-refractivity contribution is 0.510. The van der Waals surface area contributed by atoms with Crippen molar-refractivity contribution in [1.29, 1.82) is 0 Å². The quantitative estimate of drug-likeness (QED) is 0.489. The third-order valence-corrected chi connectivity index (χ3v) is 1.68. The van der Waals surface area contributed by atoms with E-state index >= 15 is 0 Å². The molecule has 0 bridgehead atoms. The summed E-state index contributed by atoms with van der Waals surface area (Å²) in [5.41, 5.74) is 5.46. The Bertz CT molecular complexity index is 109. The van der Waals surface area contributed by atoms with Crippen LogP contribution in [0.25, 0.3) is 0 Å². The molecule has 1 rings (SSSR count). The Morgan fingerprint density at radius 2 is 2.44 bits per heavy atom. The summed E-state index contributed by atoms with van der Waals surface area (Å²) in [7, 11) is 0. The maximum Gasteiger partial charge on any atom is 0.0222 e. The minimum atomic E-state index is 0.535. The molecule has 0 aromatic carbocycles. The number of hydrogen-bond donors (Lipinski definition) is 2. The normalized spacial score (nSPS) is 34.9. The van der Waals surface area contributed by atoms with Crippen LogP contribution in [0.5, 0.6) is 0 Å². The standard InChI is InChI=1S/C7H14N2/c1-6-2-3-7(4-8)5-9-6/h2-3,6-7,9H,4-5,8H2,1H3. The largest absolute Gasteiger partial charge is 0.330 e. The van der Waals surface area contributed by atoms with E-state index in [9.17, 15) is 0 Å². The van der Waals surface area contributed by atoms with Gasteiger partial charge in [0.1, 0.15) is 0 Å². The predicted octanol–water partition coefficient (Wildman–Crippen LogP) is 0.109. The van der Waals surface area contributed by atoms with Gasteiger partial charge in [-0.2, -0.15) is 0 Å². The Labute approximate surface area is 56.1 Å². The first-order valence-electron chi connectivity index (χ1n) is 3.44. The molecule has 0 saturated carbocycles. The molecule has 2 atom stereocenters. The summed E-state index contributed by atoms with van der Waals surface area (Å²) in [6.45, 7) is 3.94. The van der Waals surface area contributed by atoms with E-state index in [1.54, 1.807) is 0 Å². The van der Waals surface area contributed by atoms with Crippen LogP contribution < -0.4 is 11.1 Å². The fourth-order valence-corrected chi connectivity index (χ4v) is 0.959. The van der Waals surface area contributed by atoms with E-state index in [4.69, 9.17) is 5.73 Å². The average molecular weight is 126 g/mol. The zero-order valence-corrected chi connectivity index (χ0v) is 5.80. The van der Waals surface area contributed by atoms with Crippen molar-refractivity contribution in [2.75, 3.05) is 13.1 Å². The highest BCUT2D eigenvalue weighted by Crippen LogP contribution is 2.02. The van der Waals surface area contributed by atoms with Gasteiger partial charge in [0.25, 0.3) is 0 Å². The molecule has 1 heterocycles. The molecule has 1 aliphatic heterocycles. The smallest absolute Gasteiger partial charge is 0.0222 e. The third kappa shape index (κ3) is 1.80. The number of nitrogens with two attached hydrogens (primary N) is 1. The summed E-state index contributed by atoms with van der Waals surface area (Å²) in [6, 6.07) is 0.535. The van der Waals surface area contributed by atoms with E-state index in [0.29, 0.717) is 12.0 Å². The average Bonchev–Trinajstić information content (AvgIpc) is 1.90. The highest BCUT2D eigenvalue weighted by molar-refractivity contribution is 5.00. The summed E-state index contributed by atoms with van der Waals surface area (Å²) >= 11 is 0. The molecular weight excluding hydrogens is 112 g/mol. The Balaban J connectivity index is 2.38. The van der Waals surface area contributed by atoms with Crippen molar-refractivity contribution in [2.45, 2.75) is 13.0 Å². The van der Waals surface area contributed by atoms with E-state index < -0.39 is 0 Å². The van der Waals surface area contributed by atoms with E-state index in [0.717, 1.165) is 13.1 Å². The van der Waals surface area contributed by atoms with Crippen molar-refractivity contribution in [3.63, 3.8) is 0 Å². The lowest BCUT2D eigenvalue weighted by Crippen LogP contribution is -2.35. The molecule has 0 saturated heterocycles. The van der Waals surface area contributed by atoms with Gasteiger partial charge in [0.2, 0.25) is 0 Å². The van der Waals surface area contributed by atoms with Crippen LogP contribution in [0.15, 0.2) is 12.2 Å². The Hall–Kier alpha value is -0.340. The molecule has 0 fully saturated rings. The lowest BCUT2D eigenvalue weighted by Gasteiger charge is -2.20. The monoisotopic (exact) mass is 126 g/mol. The topological polar surface area (TPSA) is 38.0 Å². The van der Waals surface area contributed by atoms with Gasteiger partial charge in [0.15, 0.2) is 0 Å². The van der Waals surface area contributed by atoms with Crippen molar-refractivity contribution < 1.29 is 0 Å². The van der Waals surface area contributed by atoms with Crippen molar-refractivity contribution in [1.82, 2.24) is 5.32 Å². The molecular formula is C7H14N2. The van der Waals surface area contributed by atoms with E-state index in [2.05, 4.69) is 24.4 Å². The molecule has 0 radical (unpaired) electrons. The lowest BCUT2D eigenvalue weighted by atomic mass is 10.0. The van der Waals surface area contributed by atoms with Gasteiger partial charge in [-0.05, 0) is 13.5 Å². The van der Waals surface area contributed by atoms with Crippen molar-refractivity contribution in [2.24, 2.45) is 11.7 Å². The molecule has 0 aromatic heterocycles. The van der Waals surface area contributed by atoms with Gasteiger partial charge in [0.05, 0.1) is 0 Å². The zero-order chi connectivity index (χ0) is 6.69. The second-order valence-electron chi connectivity index (χ2n) is 2.58. The molecule has 0 aromatic rings. The minimum Gasteiger partial charge on any atom is -0.330 e. The predicted molar refractivity (Wildman–Crippen MR) is 39.1 cm³/mol. The van der Waals surface area contributed by atoms with Crippen LogP contribution >= 0.6 is 0 Å². The number of nitrogens with one attached hydrogen (secondary N) is 1. The fourth-order valence-electron chi connectivity index (χ4n) is 0.959. The van der Waals surface area contributed by atoms with Crippen molar-refractivity contribution in [3.8, 4) is 0 Å². The fraction of sp³-hybridized carbons (Fsp3) is 0.714. The Morgan fingerprint density at radius 1 is 1.67 bits per heavy atom. The molecule has 0 spiro atoms. The SMILES string of the molecule is CC1C=CC(CN)CN1. The Morgan fingerprint density at radius 3 is 2.89 bits per heavy atom. The molecule has 2 heteroatoms. The maximum absolute atomic E-state index is 5.46. The molecule has 2 nitrogen and oxygen atoms in total. The van der Waals surface area contributed by atoms with Crippen LogP contribution in [0.1, 0.15) is 6.92 Å². The highest BCUT2D eigenvalue weighted by atomic mass is 14.9. The molecule has 3 N–H and O–H groups in total. The summed E-state index contributed by atoms with van der Waals surface area (Å²) in [4.78, 5) is 0. The van der Waals surface area contributed by atoms with Crippen LogP contribution in [-0.2, 0) is 0 Å². The highest BCUT2D eigenvalue weighted by Gasteiger charge is 2.08. The Kier molecular flexibility index (Phi) is 2.25. The van der Waals surface area contributed by atoms with Crippen LogP contribution in [0, 0.1) is 5.92 Å². The van der Waals surface area contributed by atoms with Gasteiger partial charge >= 0.3 is 0 Å². The first-order valence-corrected chi connectivity index (χ1v) is 3.44. The van der Waals surface area contributed by atoms with Crippen LogP contribution in [-0.4, -0.2) is 19.1 Å². The molecule has 2 unspecified atom stereocenters.